The lowest BCUT2D eigenvalue weighted by atomic mass is 10.1. The molecule has 4 atom stereocenters. The van der Waals surface area contributed by atoms with Crippen LogP contribution in [-0.2, 0) is 0 Å². The van der Waals surface area contributed by atoms with Crippen LogP contribution >= 0.6 is 0 Å². The van der Waals surface area contributed by atoms with Crippen LogP contribution < -0.4 is 16.0 Å². The van der Waals surface area contributed by atoms with Crippen LogP contribution in [-0.4, -0.2) is 36.6 Å². The van der Waals surface area contributed by atoms with Crippen molar-refractivity contribution in [2.24, 2.45) is 17.6 Å². The van der Waals surface area contributed by atoms with Crippen molar-refractivity contribution in [2.75, 3.05) is 25.5 Å². The molecular formula is C11H17N5. The van der Waals surface area contributed by atoms with Crippen LogP contribution in [0.1, 0.15) is 11.6 Å². The summed E-state index contributed by atoms with van der Waals surface area (Å²) in [7, 11) is 4.01. The molecule has 4 unspecified atom stereocenters. The summed E-state index contributed by atoms with van der Waals surface area (Å²) in [6.07, 6.45) is 3.51. The van der Waals surface area contributed by atoms with Crippen molar-refractivity contribution in [1.29, 1.82) is 0 Å². The van der Waals surface area contributed by atoms with Gasteiger partial charge in [0.25, 0.3) is 0 Å². The van der Waals surface area contributed by atoms with Gasteiger partial charge in [-0.1, -0.05) is 0 Å². The predicted octanol–water partition coefficient (Wildman–Crippen LogP) is -0.240. The van der Waals surface area contributed by atoms with Crippen molar-refractivity contribution in [2.45, 2.75) is 12.1 Å². The number of anilines is 1. The van der Waals surface area contributed by atoms with E-state index in [0.29, 0.717) is 23.9 Å². The smallest absolute Gasteiger partial charge is 0.136 e. The van der Waals surface area contributed by atoms with Crippen molar-refractivity contribution >= 4 is 5.82 Å². The fraction of sp³-hybridized carbons (Fsp3) is 0.636. The number of hydrogen-bond acceptors (Lipinski definition) is 5. The molecule has 0 bridgehead atoms. The van der Waals surface area contributed by atoms with Crippen LogP contribution in [0.3, 0.4) is 0 Å². The number of nitrogens with two attached hydrogens (primary N) is 1. The highest BCUT2D eigenvalue weighted by molar-refractivity contribution is 5.47. The third-order valence-electron chi connectivity index (χ3n) is 3.73. The van der Waals surface area contributed by atoms with E-state index >= 15 is 0 Å². The lowest BCUT2D eigenvalue weighted by molar-refractivity contribution is 0.533. The average Bonchev–Trinajstić information content (AvgIpc) is 2.77. The standard InChI is InChI=1S/C11H17N5/c1-16(2)11-7(3-13-5-15-11)10-8-6(4-14-10)9(8)12/h3,5-6,8-10,14H,4,12H2,1-2H3. The number of hydrogen-bond donors (Lipinski definition) is 2. The maximum absolute atomic E-state index is 6.03. The van der Waals surface area contributed by atoms with E-state index in [0.717, 1.165) is 12.4 Å². The molecule has 0 radical (unpaired) electrons. The van der Waals surface area contributed by atoms with E-state index in [1.165, 1.54) is 5.56 Å². The molecule has 1 saturated heterocycles. The highest BCUT2D eigenvalue weighted by Crippen LogP contribution is 2.51. The van der Waals surface area contributed by atoms with Gasteiger partial charge in [0, 0.05) is 44.5 Å². The van der Waals surface area contributed by atoms with Gasteiger partial charge < -0.3 is 16.0 Å². The molecule has 3 N–H and O–H groups in total. The first-order chi connectivity index (χ1) is 7.70. The Morgan fingerprint density at radius 1 is 1.50 bits per heavy atom. The maximum Gasteiger partial charge on any atom is 0.136 e. The molecule has 0 amide bonds. The summed E-state index contributed by atoms with van der Waals surface area (Å²) in [5.74, 6) is 2.22. The summed E-state index contributed by atoms with van der Waals surface area (Å²) in [6.45, 7) is 1.03. The molecule has 1 saturated carbocycles. The van der Waals surface area contributed by atoms with Gasteiger partial charge in [-0.2, -0.15) is 0 Å². The zero-order chi connectivity index (χ0) is 11.3. The molecule has 1 aliphatic carbocycles. The fourth-order valence-electron chi connectivity index (χ4n) is 2.81. The Kier molecular flexibility index (Phi) is 2.12. The molecule has 0 spiro atoms. The van der Waals surface area contributed by atoms with E-state index in [9.17, 15) is 0 Å². The fourth-order valence-corrected chi connectivity index (χ4v) is 2.81. The molecule has 2 fully saturated rings. The minimum atomic E-state index is 0.332. The number of aromatic nitrogens is 2. The molecule has 2 aliphatic rings. The minimum Gasteiger partial charge on any atom is -0.362 e. The third-order valence-corrected chi connectivity index (χ3v) is 3.73. The topological polar surface area (TPSA) is 67.1 Å². The first kappa shape index (κ1) is 9.99. The van der Waals surface area contributed by atoms with Gasteiger partial charge in [-0.15, -0.1) is 0 Å². The van der Waals surface area contributed by atoms with Gasteiger partial charge in [-0.3, -0.25) is 0 Å². The molecule has 5 nitrogen and oxygen atoms in total. The molecule has 16 heavy (non-hydrogen) atoms. The summed E-state index contributed by atoms with van der Waals surface area (Å²) in [5, 5.41) is 3.51. The Balaban J connectivity index is 1.94. The third kappa shape index (κ3) is 1.32. The minimum absolute atomic E-state index is 0.332. The predicted molar refractivity (Wildman–Crippen MR) is 62.1 cm³/mol. The zero-order valence-corrected chi connectivity index (χ0v) is 9.59. The van der Waals surface area contributed by atoms with Crippen molar-refractivity contribution in [3.05, 3.63) is 18.1 Å². The van der Waals surface area contributed by atoms with Crippen LogP contribution in [0.25, 0.3) is 0 Å². The molecule has 0 aromatic carbocycles. The van der Waals surface area contributed by atoms with E-state index < -0.39 is 0 Å². The van der Waals surface area contributed by atoms with Gasteiger partial charge in [0.15, 0.2) is 0 Å². The Bertz CT molecular complexity index is 405. The molecule has 86 valence electrons. The quantitative estimate of drug-likeness (QED) is 0.718. The molecule has 1 aromatic heterocycles. The van der Waals surface area contributed by atoms with Gasteiger partial charge in [0.2, 0.25) is 0 Å². The second kappa shape index (κ2) is 3.40. The number of nitrogens with zero attached hydrogens (tertiary/aromatic N) is 3. The number of rotatable bonds is 2. The summed E-state index contributed by atoms with van der Waals surface area (Å²) in [4.78, 5) is 10.5. The van der Waals surface area contributed by atoms with Gasteiger partial charge in [-0.25, -0.2) is 9.97 Å². The van der Waals surface area contributed by atoms with Crippen LogP contribution in [0.5, 0.6) is 0 Å². The number of piperidine rings is 1. The average molecular weight is 219 g/mol. The van der Waals surface area contributed by atoms with E-state index in [1.54, 1.807) is 6.33 Å². The van der Waals surface area contributed by atoms with E-state index in [-0.39, 0.29) is 0 Å². The SMILES string of the molecule is CN(C)c1ncncc1C1NCC2C(N)C12. The monoisotopic (exact) mass is 219 g/mol. The van der Waals surface area contributed by atoms with E-state index in [2.05, 4.69) is 15.3 Å². The number of fused-ring (bicyclic) bond motifs is 1. The van der Waals surface area contributed by atoms with Gasteiger partial charge >= 0.3 is 0 Å². The maximum atomic E-state index is 6.03. The molecular weight excluding hydrogens is 202 g/mol. The molecule has 2 heterocycles. The van der Waals surface area contributed by atoms with Crippen LogP contribution in [0, 0.1) is 11.8 Å². The zero-order valence-electron chi connectivity index (χ0n) is 9.59. The number of nitrogens with one attached hydrogen (secondary N) is 1. The van der Waals surface area contributed by atoms with E-state index in [4.69, 9.17) is 5.73 Å². The van der Waals surface area contributed by atoms with Gasteiger partial charge in [0.05, 0.1) is 0 Å². The second-order valence-electron chi connectivity index (χ2n) is 4.90. The molecule has 1 aliphatic heterocycles. The summed E-state index contributed by atoms with van der Waals surface area (Å²) in [5.41, 5.74) is 7.21. The second-order valence-corrected chi connectivity index (χ2v) is 4.90. The summed E-state index contributed by atoms with van der Waals surface area (Å²) in [6, 6.07) is 0.695. The van der Waals surface area contributed by atoms with Gasteiger partial charge in [-0.05, 0) is 11.8 Å². The highest BCUT2D eigenvalue weighted by Gasteiger charge is 2.57. The summed E-state index contributed by atoms with van der Waals surface area (Å²) >= 11 is 0. The highest BCUT2D eigenvalue weighted by atomic mass is 15.2. The summed E-state index contributed by atoms with van der Waals surface area (Å²) < 4.78 is 0. The Labute approximate surface area is 95.1 Å². The largest absolute Gasteiger partial charge is 0.362 e. The Morgan fingerprint density at radius 3 is 2.94 bits per heavy atom. The lowest BCUT2D eigenvalue weighted by Gasteiger charge is -2.21. The normalized spacial score (nSPS) is 35.9. The first-order valence-corrected chi connectivity index (χ1v) is 5.66. The first-order valence-electron chi connectivity index (χ1n) is 5.66. The Hall–Kier alpha value is -1.20. The lowest BCUT2D eigenvalue weighted by Crippen LogP contribution is -2.27. The van der Waals surface area contributed by atoms with E-state index in [1.807, 2.05) is 25.2 Å². The van der Waals surface area contributed by atoms with Gasteiger partial charge in [0.1, 0.15) is 12.1 Å². The molecule has 1 aromatic rings. The van der Waals surface area contributed by atoms with Crippen molar-refractivity contribution < 1.29 is 0 Å². The van der Waals surface area contributed by atoms with Crippen molar-refractivity contribution in [3.63, 3.8) is 0 Å². The van der Waals surface area contributed by atoms with Crippen LogP contribution in [0.4, 0.5) is 5.82 Å². The van der Waals surface area contributed by atoms with Crippen LogP contribution in [0.2, 0.25) is 0 Å². The molecule has 3 rings (SSSR count). The Morgan fingerprint density at radius 2 is 2.31 bits per heavy atom. The van der Waals surface area contributed by atoms with Crippen molar-refractivity contribution in [1.82, 2.24) is 15.3 Å². The van der Waals surface area contributed by atoms with Crippen LogP contribution in [0.15, 0.2) is 12.5 Å². The molecule has 5 heteroatoms. The van der Waals surface area contributed by atoms with Crippen molar-refractivity contribution in [3.8, 4) is 0 Å².